The number of carbonyl (C=O) groups excluding carboxylic acids is 1. The summed E-state index contributed by atoms with van der Waals surface area (Å²) in [5, 5.41) is 12.8. The van der Waals surface area contributed by atoms with Gasteiger partial charge in [-0.1, -0.05) is 48.0 Å². The molecule has 0 aliphatic rings. The Morgan fingerprint density at radius 1 is 1.07 bits per heavy atom. The normalized spacial score (nSPS) is 10.1. The van der Waals surface area contributed by atoms with Crippen LogP contribution in [0.25, 0.3) is 11.1 Å². The van der Waals surface area contributed by atoms with Gasteiger partial charge in [-0.05, 0) is 36.2 Å². The summed E-state index contributed by atoms with van der Waals surface area (Å²) in [5.74, 6) is 0.187. The number of ether oxygens (including phenoxy) is 1. The van der Waals surface area contributed by atoms with Gasteiger partial charge in [0.1, 0.15) is 5.75 Å². The van der Waals surface area contributed by atoms with E-state index in [9.17, 15) is 10.1 Å². The molecule has 0 saturated heterocycles. The third-order valence-electron chi connectivity index (χ3n) is 4.24. The number of nitriles is 1. The number of halogens is 1. The van der Waals surface area contributed by atoms with E-state index in [4.69, 9.17) is 16.3 Å². The largest absolute Gasteiger partial charge is 0.495 e. The minimum atomic E-state index is -0.293. The average Bonchev–Trinajstić information content (AvgIpc) is 2.70. The molecule has 0 spiro atoms. The number of benzene rings is 3. The van der Waals surface area contributed by atoms with E-state index in [0.717, 1.165) is 5.56 Å². The van der Waals surface area contributed by atoms with Crippen molar-refractivity contribution in [2.24, 2.45) is 0 Å². The van der Waals surface area contributed by atoms with Crippen molar-refractivity contribution >= 4 is 23.2 Å². The first-order valence-corrected chi connectivity index (χ1v) is 8.67. The fourth-order valence-corrected chi connectivity index (χ4v) is 3.00. The Balaban J connectivity index is 2.03. The molecule has 0 aromatic heterocycles. The van der Waals surface area contributed by atoms with Crippen molar-refractivity contribution in [2.75, 3.05) is 12.4 Å². The van der Waals surface area contributed by atoms with Gasteiger partial charge in [0, 0.05) is 22.2 Å². The standard InChI is InChI=1S/C22H17ClN2O2/c1-14-11-20(21(27-2)12-19(14)23)25-22(26)18-10-6-5-9-17(18)16-8-4-3-7-15(16)13-24/h3-12H,1-2H3,(H,25,26). The number of aryl methyl sites for hydroxylation is 1. The third kappa shape index (κ3) is 3.79. The maximum absolute atomic E-state index is 13.0. The number of nitrogens with one attached hydrogen (secondary N) is 1. The van der Waals surface area contributed by atoms with E-state index in [1.807, 2.05) is 31.2 Å². The predicted molar refractivity (Wildman–Crippen MR) is 107 cm³/mol. The van der Waals surface area contributed by atoms with Crippen LogP contribution in [-0.2, 0) is 0 Å². The number of hydrogen-bond acceptors (Lipinski definition) is 3. The zero-order valence-electron chi connectivity index (χ0n) is 14.9. The molecular weight excluding hydrogens is 360 g/mol. The number of hydrogen-bond donors (Lipinski definition) is 1. The monoisotopic (exact) mass is 376 g/mol. The fraction of sp³-hybridized carbons (Fsp3) is 0.0909. The summed E-state index contributed by atoms with van der Waals surface area (Å²) in [6.07, 6.45) is 0. The highest BCUT2D eigenvalue weighted by Crippen LogP contribution is 2.32. The first-order chi connectivity index (χ1) is 13.0. The van der Waals surface area contributed by atoms with Crippen LogP contribution >= 0.6 is 11.6 Å². The van der Waals surface area contributed by atoms with Crippen molar-refractivity contribution in [1.82, 2.24) is 0 Å². The summed E-state index contributed by atoms with van der Waals surface area (Å²) in [5.41, 5.74) is 3.75. The average molecular weight is 377 g/mol. The van der Waals surface area contributed by atoms with Crippen LogP contribution in [0.5, 0.6) is 5.75 Å². The summed E-state index contributed by atoms with van der Waals surface area (Å²) in [4.78, 5) is 13.0. The Kier molecular flexibility index (Phi) is 5.44. The van der Waals surface area contributed by atoms with Crippen LogP contribution in [0.4, 0.5) is 5.69 Å². The number of methoxy groups -OCH3 is 1. The molecule has 4 nitrogen and oxygen atoms in total. The molecule has 0 radical (unpaired) electrons. The highest BCUT2D eigenvalue weighted by molar-refractivity contribution is 6.31. The maximum Gasteiger partial charge on any atom is 0.256 e. The number of anilines is 1. The van der Waals surface area contributed by atoms with Crippen molar-refractivity contribution in [3.63, 3.8) is 0 Å². The lowest BCUT2D eigenvalue weighted by atomic mass is 9.95. The molecular formula is C22H17ClN2O2. The summed E-state index contributed by atoms with van der Waals surface area (Å²) in [7, 11) is 1.52. The quantitative estimate of drug-likeness (QED) is 0.658. The van der Waals surface area contributed by atoms with Crippen LogP contribution in [0, 0.1) is 18.3 Å². The van der Waals surface area contributed by atoms with Crippen molar-refractivity contribution < 1.29 is 9.53 Å². The number of rotatable bonds is 4. The molecule has 3 aromatic carbocycles. The summed E-state index contributed by atoms with van der Waals surface area (Å²) in [6, 6.07) is 20.0. The molecule has 1 amide bonds. The van der Waals surface area contributed by atoms with Gasteiger partial charge in [0.15, 0.2) is 0 Å². The first-order valence-electron chi connectivity index (χ1n) is 8.29. The van der Waals surface area contributed by atoms with Crippen LogP contribution in [0.1, 0.15) is 21.5 Å². The second-order valence-corrected chi connectivity index (χ2v) is 6.37. The van der Waals surface area contributed by atoms with Crippen molar-refractivity contribution in [3.05, 3.63) is 82.4 Å². The van der Waals surface area contributed by atoms with Crippen LogP contribution in [0.2, 0.25) is 5.02 Å². The minimum absolute atomic E-state index is 0.293. The molecule has 0 atom stereocenters. The lowest BCUT2D eigenvalue weighted by Crippen LogP contribution is -2.14. The Hall–Kier alpha value is -3.29. The van der Waals surface area contributed by atoms with Gasteiger partial charge in [-0.15, -0.1) is 0 Å². The Morgan fingerprint density at radius 3 is 2.44 bits per heavy atom. The van der Waals surface area contributed by atoms with Gasteiger partial charge in [-0.2, -0.15) is 5.26 Å². The van der Waals surface area contributed by atoms with Gasteiger partial charge in [-0.25, -0.2) is 0 Å². The molecule has 0 aliphatic carbocycles. The van der Waals surface area contributed by atoms with Gasteiger partial charge in [0.05, 0.1) is 24.4 Å². The number of carbonyl (C=O) groups is 1. The topological polar surface area (TPSA) is 62.1 Å². The van der Waals surface area contributed by atoms with Crippen LogP contribution < -0.4 is 10.1 Å². The lowest BCUT2D eigenvalue weighted by Gasteiger charge is -2.14. The Labute approximate surface area is 163 Å². The first kappa shape index (κ1) is 18.5. The van der Waals surface area contributed by atoms with E-state index >= 15 is 0 Å². The van der Waals surface area contributed by atoms with Crippen LogP contribution in [0.15, 0.2) is 60.7 Å². The smallest absolute Gasteiger partial charge is 0.256 e. The van der Waals surface area contributed by atoms with Gasteiger partial charge >= 0.3 is 0 Å². The number of amides is 1. The van der Waals surface area contributed by atoms with E-state index in [0.29, 0.717) is 38.7 Å². The van der Waals surface area contributed by atoms with E-state index < -0.39 is 0 Å². The van der Waals surface area contributed by atoms with Gasteiger partial charge in [0.2, 0.25) is 0 Å². The summed E-state index contributed by atoms with van der Waals surface area (Å²) < 4.78 is 5.33. The van der Waals surface area contributed by atoms with Gasteiger partial charge in [-0.3, -0.25) is 4.79 Å². The minimum Gasteiger partial charge on any atom is -0.495 e. The molecule has 3 aromatic rings. The summed E-state index contributed by atoms with van der Waals surface area (Å²) in [6.45, 7) is 1.86. The van der Waals surface area contributed by atoms with Crippen molar-refractivity contribution in [2.45, 2.75) is 6.92 Å². The van der Waals surface area contributed by atoms with E-state index in [1.54, 1.807) is 36.4 Å². The SMILES string of the molecule is COc1cc(Cl)c(C)cc1NC(=O)c1ccccc1-c1ccccc1C#N. The molecule has 3 rings (SSSR count). The number of nitrogens with zero attached hydrogens (tertiary/aromatic N) is 1. The van der Waals surface area contributed by atoms with E-state index in [1.165, 1.54) is 7.11 Å². The molecule has 0 heterocycles. The Morgan fingerprint density at radius 2 is 1.74 bits per heavy atom. The zero-order chi connectivity index (χ0) is 19.4. The van der Waals surface area contributed by atoms with Crippen LogP contribution in [0.3, 0.4) is 0 Å². The van der Waals surface area contributed by atoms with Gasteiger partial charge < -0.3 is 10.1 Å². The highest BCUT2D eigenvalue weighted by atomic mass is 35.5. The molecule has 27 heavy (non-hydrogen) atoms. The van der Waals surface area contributed by atoms with E-state index in [-0.39, 0.29) is 5.91 Å². The second kappa shape index (κ2) is 7.94. The van der Waals surface area contributed by atoms with Gasteiger partial charge in [0.25, 0.3) is 5.91 Å². The summed E-state index contributed by atoms with van der Waals surface area (Å²) >= 11 is 6.13. The Bertz CT molecular complexity index is 1050. The molecule has 0 fully saturated rings. The molecule has 0 unspecified atom stereocenters. The molecule has 0 aliphatic heterocycles. The molecule has 0 saturated carbocycles. The second-order valence-electron chi connectivity index (χ2n) is 5.96. The third-order valence-corrected chi connectivity index (χ3v) is 4.65. The van der Waals surface area contributed by atoms with Crippen LogP contribution in [-0.4, -0.2) is 13.0 Å². The molecule has 0 bridgehead atoms. The highest BCUT2D eigenvalue weighted by Gasteiger charge is 2.17. The molecule has 134 valence electrons. The molecule has 5 heteroatoms. The lowest BCUT2D eigenvalue weighted by molar-refractivity contribution is 0.102. The molecule has 1 N–H and O–H groups in total. The zero-order valence-corrected chi connectivity index (χ0v) is 15.7. The maximum atomic E-state index is 13.0. The van der Waals surface area contributed by atoms with Crippen molar-refractivity contribution in [3.8, 4) is 22.9 Å². The van der Waals surface area contributed by atoms with Crippen molar-refractivity contribution in [1.29, 1.82) is 5.26 Å². The predicted octanol–water partition coefficient (Wildman–Crippen LogP) is 5.45. The van der Waals surface area contributed by atoms with E-state index in [2.05, 4.69) is 11.4 Å². The fourth-order valence-electron chi connectivity index (χ4n) is 2.85.